The van der Waals surface area contributed by atoms with E-state index in [2.05, 4.69) is 10.5 Å². The van der Waals surface area contributed by atoms with Crippen LogP contribution in [0.25, 0.3) is 0 Å². The van der Waals surface area contributed by atoms with Crippen LogP contribution >= 0.6 is 23.2 Å². The maximum absolute atomic E-state index is 13.5. The van der Waals surface area contributed by atoms with Crippen LogP contribution < -0.4 is 19.2 Å². The lowest BCUT2D eigenvalue weighted by molar-refractivity contribution is -0.119. The van der Waals surface area contributed by atoms with Crippen molar-refractivity contribution >= 4 is 51.0 Å². The Bertz CT molecular complexity index is 1280. The summed E-state index contributed by atoms with van der Waals surface area (Å²) < 4.78 is 38.4. The molecule has 0 fully saturated rings. The molecular formula is C23H21Cl2N3O5S. The third-order valence-electron chi connectivity index (χ3n) is 4.66. The first-order valence-corrected chi connectivity index (χ1v) is 12.0. The van der Waals surface area contributed by atoms with Crippen molar-refractivity contribution in [3.63, 3.8) is 0 Å². The van der Waals surface area contributed by atoms with Crippen LogP contribution in [0.1, 0.15) is 5.56 Å². The molecule has 34 heavy (non-hydrogen) atoms. The molecule has 0 radical (unpaired) electrons. The summed E-state index contributed by atoms with van der Waals surface area (Å²) in [6.45, 7) is -0.576. The van der Waals surface area contributed by atoms with Crippen LogP contribution in [0, 0.1) is 0 Å². The standard InChI is InChI=1S/C23H21Cl2N3O5S/c1-32-16-11-12-21(22(13-16)33-2)28(34(30,31)17-7-4-3-5-8-17)15-23(29)27-26-14-18-19(24)9-6-10-20(18)25/h3-14H,15H2,1-2H3,(H,27,29)/b26-14-. The van der Waals surface area contributed by atoms with Crippen LogP contribution in [0.15, 0.2) is 76.7 Å². The van der Waals surface area contributed by atoms with Gasteiger partial charge >= 0.3 is 0 Å². The number of sulfonamides is 1. The van der Waals surface area contributed by atoms with Crippen LogP contribution in [0.3, 0.4) is 0 Å². The first kappa shape index (κ1) is 25.4. The molecule has 0 aliphatic carbocycles. The third kappa shape index (κ3) is 5.80. The molecule has 0 atom stereocenters. The predicted octanol–water partition coefficient (Wildman–Crippen LogP) is 4.36. The zero-order chi connectivity index (χ0) is 24.7. The number of nitrogens with one attached hydrogen (secondary N) is 1. The number of methoxy groups -OCH3 is 2. The Hall–Kier alpha value is -3.27. The highest BCUT2D eigenvalue weighted by molar-refractivity contribution is 7.92. The summed E-state index contributed by atoms with van der Waals surface area (Å²) in [7, 11) is -1.27. The molecule has 3 aromatic rings. The van der Waals surface area contributed by atoms with Crippen molar-refractivity contribution in [3.05, 3.63) is 82.3 Å². The summed E-state index contributed by atoms with van der Waals surface area (Å²) in [5.41, 5.74) is 2.88. The second-order valence-corrected chi connectivity index (χ2v) is 9.47. The van der Waals surface area contributed by atoms with Gasteiger partial charge in [0.1, 0.15) is 18.0 Å². The number of amides is 1. The van der Waals surface area contributed by atoms with Gasteiger partial charge in [-0.15, -0.1) is 0 Å². The van der Waals surface area contributed by atoms with Crippen molar-refractivity contribution in [1.29, 1.82) is 0 Å². The highest BCUT2D eigenvalue weighted by Crippen LogP contribution is 2.35. The molecule has 0 saturated carbocycles. The summed E-state index contributed by atoms with van der Waals surface area (Å²) in [6, 6.07) is 17.3. The van der Waals surface area contributed by atoms with Crippen LogP contribution in [-0.4, -0.2) is 41.3 Å². The van der Waals surface area contributed by atoms with Gasteiger partial charge < -0.3 is 9.47 Å². The maximum Gasteiger partial charge on any atom is 0.264 e. The molecule has 1 amide bonds. The van der Waals surface area contributed by atoms with E-state index in [1.54, 1.807) is 42.5 Å². The fourth-order valence-corrected chi connectivity index (χ4v) is 4.93. The second kappa shape index (κ2) is 11.2. The monoisotopic (exact) mass is 521 g/mol. The van der Waals surface area contributed by atoms with E-state index in [1.165, 1.54) is 44.7 Å². The number of anilines is 1. The van der Waals surface area contributed by atoms with Gasteiger partial charge in [0.2, 0.25) is 0 Å². The molecule has 0 unspecified atom stereocenters. The average Bonchev–Trinajstić information content (AvgIpc) is 2.84. The molecular weight excluding hydrogens is 501 g/mol. The van der Waals surface area contributed by atoms with E-state index in [9.17, 15) is 13.2 Å². The number of hydrogen-bond donors (Lipinski definition) is 1. The van der Waals surface area contributed by atoms with Crippen LogP contribution in [0.2, 0.25) is 10.0 Å². The molecule has 11 heteroatoms. The quantitative estimate of drug-likeness (QED) is 0.333. The molecule has 1 N–H and O–H groups in total. The molecule has 8 nitrogen and oxygen atoms in total. The van der Waals surface area contributed by atoms with Gasteiger partial charge in [0.15, 0.2) is 0 Å². The summed E-state index contributed by atoms with van der Waals surface area (Å²) >= 11 is 12.2. The topological polar surface area (TPSA) is 97.3 Å². The summed E-state index contributed by atoms with van der Waals surface area (Å²) in [5.74, 6) is -0.0295. The first-order valence-electron chi connectivity index (χ1n) is 9.83. The Morgan fingerprint density at radius 2 is 1.68 bits per heavy atom. The molecule has 0 aromatic heterocycles. The van der Waals surface area contributed by atoms with Gasteiger partial charge in [0.25, 0.3) is 15.9 Å². The number of nitrogens with zero attached hydrogens (tertiary/aromatic N) is 2. The van der Waals surface area contributed by atoms with Gasteiger partial charge in [0.05, 0.1) is 41.1 Å². The van der Waals surface area contributed by atoms with Crippen molar-refractivity contribution in [2.45, 2.75) is 4.90 Å². The highest BCUT2D eigenvalue weighted by atomic mass is 35.5. The van der Waals surface area contributed by atoms with Crippen molar-refractivity contribution in [1.82, 2.24) is 5.43 Å². The number of hydrazone groups is 1. The zero-order valence-corrected chi connectivity index (χ0v) is 20.6. The molecule has 0 aliphatic heterocycles. The number of carbonyl (C=O) groups is 1. The molecule has 3 aromatic carbocycles. The van der Waals surface area contributed by atoms with Crippen molar-refractivity contribution in [2.24, 2.45) is 5.10 Å². The van der Waals surface area contributed by atoms with Gasteiger partial charge in [-0.1, -0.05) is 47.5 Å². The maximum atomic E-state index is 13.5. The van der Waals surface area contributed by atoms with Gasteiger partial charge in [-0.3, -0.25) is 9.10 Å². The smallest absolute Gasteiger partial charge is 0.264 e. The van der Waals surface area contributed by atoms with Gasteiger partial charge in [-0.2, -0.15) is 5.10 Å². The Morgan fingerprint density at radius 3 is 2.29 bits per heavy atom. The molecule has 178 valence electrons. The van der Waals surface area contributed by atoms with Gasteiger partial charge in [0, 0.05) is 11.6 Å². The molecule has 0 aliphatic rings. The fraction of sp³-hybridized carbons (Fsp3) is 0.130. The predicted molar refractivity (Wildman–Crippen MR) is 133 cm³/mol. The SMILES string of the molecule is COc1ccc(N(CC(=O)N/N=C\c2c(Cl)cccc2Cl)S(=O)(=O)c2ccccc2)c(OC)c1. The lowest BCUT2D eigenvalue weighted by Gasteiger charge is -2.25. The van der Waals surface area contributed by atoms with E-state index in [-0.39, 0.29) is 16.3 Å². The largest absolute Gasteiger partial charge is 0.497 e. The number of carbonyl (C=O) groups excluding carboxylic acids is 1. The van der Waals surface area contributed by atoms with E-state index in [0.29, 0.717) is 21.4 Å². The summed E-state index contributed by atoms with van der Waals surface area (Å²) in [4.78, 5) is 12.7. The van der Waals surface area contributed by atoms with Crippen LogP contribution in [0.5, 0.6) is 11.5 Å². The first-order chi connectivity index (χ1) is 16.3. The Balaban J connectivity index is 1.93. The number of halogens is 2. The minimum atomic E-state index is -4.13. The zero-order valence-electron chi connectivity index (χ0n) is 18.2. The van der Waals surface area contributed by atoms with Crippen molar-refractivity contribution in [2.75, 3.05) is 25.1 Å². The molecule has 0 heterocycles. The molecule has 0 saturated heterocycles. The average molecular weight is 522 g/mol. The summed E-state index contributed by atoms with van der Waals surface area (Å²) in [5, 5.41) is 4.57. The minimum absolute atomic E-state index is 0.00650. The highest BCUT2D eigenvalue weighted by Gasteiger charge is 2.29. The number of rotatable bonds is 9. The minimum Gasteiger partial charge on any atom is -0.497 e. The van der Waals surface area contributed by atoms with Gasteiger partial charge in [-0.25, -0.2) is 13.8 Å². The molecule has 3 rings (SSSR count). The normalized spacial score (nSPS) is 11.3. The fourth-order valence-electron chi connectivity index (χ4n) is 2.98. The molecule has 0 bridgehead atoms. The van der Waals surface area contributed by atoms with Crippen molar-refractivity contribution < 1.29 is 22.7 Å². The summed E-state index contributed by atoms with van der Waals surface area (Å²) in [6.07, 6.45) is 1.28. The third-order valence-corrected chi connectivity index (χ3v) is 7.09. The van der Waals surface area contributed by atoms with E-state index in [0.717, 1.165) is 4.31 Å². The van der Waals surface area contributed by atoms with E-state index >= 15 is 0 Å². The number of hydrogen-bond acceptors (Lipinski definition) is 6. The lowest BCUT2D eigenvalue weighted by atomic mass is 10.2. The van der Waals surface area contributed by atoms with Crippen LogP contribution in [-0.2, 0) is 14.8 Å². The van der Waals surface area contributed by atoms with Gasteiger partial charge in [-0.05, 0) is 36.4 Å². The van der Waals surface area contributed by atoms with Crippen molar-refractivity contribution in [3.8, 4) is 11.5 Å². The number of ether oxygens (including phenoxy) is 2. The van der Waals surface area contributed by atoms with Crippen LogP contribution in [0.4, 0.5) is 5.69 Å². The van der Waals surface area contributed by atoms with E-state index in [4.69, 9.17) is 32.7 Å². The lowest BCUT2D eigenvalue weighted by Crippen LogP contribution is -2.39. The van der Waals surface area contributed by atoms with E-state index in [1.807, 2.05) is 0 Å². The Kier molecular flexibility index (Phi) is 8.38. The second-order valence-electron chi connectivity index (χ2n) is 6.79. The number of benzene rings is 3. The Morgan fingerprint density at radius 1 is 1.00 bits per heavy atom. The molecule has 0 spiro atoms. The van der Waals surface area contributed by atoms with E-state index < -0.39 is 22.5 Å². The Labute approximate surface area is 207 Å².